The number of carbonyl (C=O) groups excluding carboxylic acids is 1. The molecule has 28 heavy (non-hydrogen) atoms. The zero-order chi connectivity index (χ0) is 19.5. The Kier molecular flexibility index (Phi) is 5.45. The van der Waals surface area contributed by atoms with Crippen LogP contribution in [0, 0.1) is 0 Å². The molecular formula is C21H24N3O3S+. The van der Waals surface area contributed by atoms with E-state index in [1.165, 1.54) is 9.60 Å². The van der Waals surface area contributed by atoms with Crippen molar-refractivity contribution in [3.8, 4) is 11.5 Å². The Morgan fingerprint density at radius 1 is 1.25 bits per heavy atom. The first-order valence-corrected chi connectivity index (χ1v) is 10.2. The van der Waals surface area contributed by atoms with E-state index in [0.717, 1.165) is 29.9 Å². The van der Waals surface area contributed by atoms with Gasteiger partial charge >= 0.3 is 0 Å². The molecular weight excluding hydrogens is 374 g/mol. The first-order chi connectivity index (χ1) is 13.7. The van der Waals surface area contributed by atoms with Crippen molar-refractivity contribution in [1.82, 2.24) is 4.98 Å². The van der Waals surface area contributed by atoms with E-state index in [-0.39, 0.29) is 11.9 Å². The molecule has 1 fully saturated rings. The van der Waals surface area contributed by atoms with Gasteiger partial charge in [-0.15, -0.1) is 11.3 Å². The molecule has 2 heterocycles. The van der Waals surface area contributed by atoms with Crippen LogP contribution in [0.15, 0.2) is 42.5 Å². The number of rotatable bonds is 6. The van der Waals surface area contributed by atoms with Gasteiger partial charge in [0.2, 0.25) is 0 Å². The van der Waals surface area contributed by atoms with Gasteiger partial charge in [0.25, 0.3) is 5.91 Å². The van der Waals surface area contributed by atoms with E-state index in [0.29, 0.717) is 23.7 Å². The number of hydrogen-bond acceptors (Lipinski definition) is 5. The van der Waals surface area contributed by atoms with E-state index in [2.05, 4.69) is 11.4 Å². The van der Waals surface area contributed by atoms with E-state index in [4.69, 9.17) is 14.5 Å². The van der Waals surface area contributed by atoms with Gasteiger partial charge in [-0.05, 0) is 24.3 Å². The first-order valence-electron chi connectivity index (χ1n) is 9.40. The molecule has 2 N–H and O–H groups in total. The average Bonchev–Trinajstić information content (AvgIpc) is 3.34. The summed E-state index contributed by atoms with van der Waals surface area (Å²) in [5, 5.41) is 4.11. The second-order valence-corrected chi connectivity index (χ2v) is 7.98. The Labute approximate surface area is 168 Å². The van der Waals surface area contributed by atoms with Crippen LogP contribution < -0.4 is 19.7 Å². The van der Waals surface area contributed by atoms with Crippen molar-refractivity contribution in [2.75, 3.05) is 32.6 Å². The van der Waals surface area contributed by atoms with Gasteiger partial charge in [-0.25, -0.2) is 4.98 Å². The van der Waals surface area contributed by atoms with Crippen LogP contribution in [0.5, 0.6) is 11.5 Å². The summed E-state index contributed by atoms with van der Waals surface area (Å²) in [5.41, 5.74) is 1.70. The number of likely N-dealkylation sites (tertiary alicyclic amines) is 1. The van der Waals surface area contributed by atoms with Gasteiger partial charge in [-0.1, -0.05) is 12.1 Å². The number of ether oxygens (including phenoxy) is 2. The molecule has 1 amide bonds. The molecule has 146 valence electrons. The van der Waals surface area contributed by atoms with Crippen molar-refractivity contribution >= 4 is 33.1 Å². The number of methoxy groups -OCH3 is 2. The van der Waals surface area contributed by atoms with Gasteiger partial charge in [0.1, 0.15) is 17.5 Å². The van der Waals surface area contributed by atoms with Crippen molar-refractivity contribution in [2.24, 2.45) is 0 Å². The standard InChI is InChI=1S/C21H23N3O3S/c1-26-14-9-10-15(18(12-14)27-2)22-20(25)13-24-11-5-7-17(24)21-23-16-6-3-4-8-19(16)28-21/h3-4,6,8-10,12,17H,5,7,11,13H2,1-2H3,(H,22,25)/p+1/t17-/m1/s1. The van der Waals surface area contributed by atoms with Gasteiger partial charge in [-0.2, -0.15) is 0 Å². The fourth-order valence-corrected chi connectivity index (χ4v) is 4.92. The van der Waals surface area contributed by atoms with Gasteiger partial charge in [0.05, 0.1) is 36.7 Å². The van der Waals surface area contributed by atoms with Crippen LogP contribution in [0.25, 0.3) is 10.2 Å². The summed E-state index contributed by atoms with van der Waals surface area (Å²) in [7, 11) is 3.19. The lowest BCUT2D eigenvalue weighted by Gasteiger charge is -2.19. The predicted molar refractivity (Wildman–Crippen MR) is 110 cm³/mol. The van der Waals surface area contributed by atoms with E-state index in [1.54, 1.807) is 37.7 Å². The van der Waals surface area contributed by atoms with Crippen molar-refractivity contribution < 1.29 is 19.2 Å². The van der Waals surface area contributed by atoms with Crippen molar-refractivity contribution in [3.63, 3.8) is 0 Å². The third-order valence-electron chi connectivity index (χ3n) is 5.16. The first kappa shape index (κ1) is 18.7. The summed E-state index contributed by atoms with van der Waals surface area (Å²) in [4.78, 5) is 18.8. The molecule has 1 aliphatic heterocycles. The lowest BCUT2D eigenvalue weighted by atomic mass is 10.2. The number of para-hydroxylation sites is 1. The molecule has 2 atom stereocenters. The van der Waals surface area contributed by atoms with Gasteiger partial charge in [-0.3, -0.25) is 4.79 Å². The number of amides is 1. The van der Waals surface area contributed by atoms with Crippen LogP contribution in [0.3, 0.4) is 0 Å². The number of nitrogens with one attached hydrogen (secondary N) is 2. The number of fused-ring (bicyclic) bond motifs is 1. The number of carbonyl (C=O) groups is 1. The summed E-state index contributed by atoms with van der Waals surface area (Å²) < 4.78 is 11.8. The van der Waals surface area contributed by atoms with E-state index in [9.17, 15) is 4.79 Å². The van der Waals surface area contributed by atoms with Gasteiger partial charge in [0.15, 0.2) is 11.6 Å². The number of hydrogen-bond donors (Lipinski definition) is 2. The monoisotopic (exact) mass is 398 g/mol. The normalized spacial score (nSPS) is 18.9. The molecule has 4 rings (SSSR count). The number of quaternary nitrogens is 1. The Balaban J connectivity index is 1.46. The number of aromatic nitrogens is 1. The topological polar surface area (TPSA) is 64.9 Å². The molecule has 0 spiro atoms. The molecule has 1 saturated heterocycles. The molecule has 7 heteroatoms. The number of thiazole rings is 1. The smallest absolute Gasteiger partial charge is 0.279 e. The summed E-state index contributed by atoms with van der Waals surface area (Å²) >= 11 is 1.74. The number of nitrogens with zero attached hydrogens (tertiary/aromatic N) is 1. The lowest BCUT2D eigenvalue weighted by molar-refractivity contribution is -0.910. The molecule has 0 bridgehead atoms. The summed E-state index contributed by atoms with van der Waals surface area (Å²) in [6.45, 7) is 1.39. The van der Waals surface area contributed by atoms with Crippen LogP contribution in [0.1, 0.15) is 23.9 Å². The van der Waals surface area contributed by atoms with Crippen molar-refractivity contribution in [2.45, 2.75) is 18.9 Å². The molecule has 0 aliphatic carbocycles. The van der Waals surface area contributed by atoms with Crippen molar-refractivity contribution in [3.05, 3.63) is 47.5 Å². The van der Waals surface area contributed by atoms with Gasteiger partial charge < -0.3 is 19.7 Å². The van der Waals surface area contributed by atoms with E-state index < -0.39 is 0 Å². The summed E-state index contributed by atoms with van der Waals surface area (Å²) in [6.07, 6.45) is 2.17. The van der Waals surface area contributed by atoms with Crippen LogP contribution in [-0.4, -0.2) is 38.2 Å². The minimum Gasteiger partial charge on any atom is -0.497 e. The summed E-state index contributed by atoms with van der Waals surface area (Å²) in [5.74, 6) is 1.26. The van der Waals surface area contributed by atoms with Crippen LogP contribution in [-0.2, 0) is 4.79 Å². The minimum absolute atomic E-state index is 0.0218. The fourth-order valence-electron chi connectivity index (χ4n) is 3.76. The maximum Gasteiger partial charge on any atom is 0.279 e. The van der Waals surface area contributed by atoms with Crippen LogP contribution in [0.4, 0.5) is 5.69 Å². The van der Waals surface area contributed by atoms with E-state index in [1.807, 2.05) is 24.3 Å². The van der Waals surface area contributed by atoms with Crippen LogP contribution >= 0.6 is 11.3 Å². The van der Waals surface area contributed by atoms with E-state index >= 15 is 0 Å². The third kappa shape index (κ3) is 3.81. The Morgan fingerprint density at radius 2 is 2.11 bits per heavy atom. The molecule has 0 radical (unpaired) electrons. The maximum absolute atomic E-state index is 12.7. The molecule has 6 nitrogen and oxygen atoms in total. The highest BCUT2D eigenvalue weighted by Gasteiger charge is 2.34. The maximum atomic E-state index is 12.7. The largest absolute Gasteiger partial charge is 0.497 e. The fraction of sp³-hybridized carbons (Fsp3) is 0.333. The Bertz CT molecular complexity index is 955. The zero-order valence-electron chi connectivity index (χ0n) is 16.0. The zero-order valence-corrected chi connectivity index (χ0v) is 16.8. The highest BCUT2D eigenvalue weighted by Crippen LogP contribution is 2.30. The molecule has 0 saturated carbocycles. The third-order valence-corrected chi connectivity index (χ3v) is 6.31. The Morgan fingerprint density at radius 3 is 2.89 bits per heavy atom. The van der Waals surface area contributed by atoms with Gasteiger partial charge in [0, 0.05) is 18.9 Å². The highest BCUT2D eigenvalue weighted by molar-refractivity contribution is 7.18. The minimum atomic E-state index is -0.0218. The molecule has 1 aromatic heterocycles. The highest BCUT2D eigenvalue weighted by atomic mass is 32.1. The number of anilines is 1. The molecule has 2 aromatic carbocycles. The second kappa shape index (κ2) is 8.16. The quantitative estimate of drug-likeness (QED) is 0.670. The second-order valence-electron chi connectivity index (χ2n) is 6.91. The molecule has 1 unspecified atom stereocenters. The average molecular weight is 399 g/mol. The SMILES string of the molecule is COc1ccc(NC(=O)C[NH+]2CCC[C@@H]2c2nc3ccccc3s2)c(OC)c1. The summed E-state index contributed by atoms with van der Waals surface area (Å²) in [6, 6.07) is 13.9. The Hall–Kier alpha value is -2.64. The molecule has 3 aromatic rings. The molecule has 1 aliphatic rings. The van der Waals surface area contributed by atoms with Crippen LogP contribution in [0.2, 0.25) is 0 Å². The predicted octanol–water partition coefficient (Wildman–Crippen LogP) is 2.67. The lowest BCUT2D eigenvalue weighted by Crippen LogP contribution is -3.11. The van der Waals surface area contributed by atoms with Crippen molar-refractivity contribution in [1.29, 1.82) is 0 Å². The number of benzene rings is 2.